The summed E-state index contributed by atoms with van der Waals surface area (Å²) >= 11 is 1.59. The van der Waals surface area contributed by atoms with Crippen LogP contribution < -0.4 is 15.5 Å². The van der Waals surface area contributed by atoms with Crippen molar-refractivity contribution in [3.8, 4) is 10.4 Å². The van der Waals surface area contributed by atoms with Crippen molar-refractivity contribution in [2.75, 3.05) is 103 Å². The molecule has 5 aromatic rings. The van der Waals surface area contributed by atoms with Gasteiger partial charge in [0, 0.05) is 123 Å². The number of aryl methyl sites for hydroxylation is 2. The number of hydrogen-bond donors (Lipinski definition) is 3. The van der Waals surface area contributed by atoms with Gasteiger partial charge in [-0.05, 0) is 89.3 Å². The Kier molecular flexibility index (Phi) is 20.0. The van der Waals surface area contributed by atoms with Crippen LogP contribution in [0, 0.1) is 25.2 Å². The van der Waals surface area contributed by atoms with Crippen molar-refractivity contribution in [3.63, 3.8) is 0 Å². The summed E-state index contributed by atoms with van der Waals surface area (Å²) < 4.78 is 20.2. The van der Waals surface area contributed by atoms with Crippen molar-refractivity contribution < 1.29 is 33.7 Å². The third kappa shape index (κ3) is 15.0. The SMILES string of the molecule is COC1(CCN2CCN(CCCOCCCOCC(=O)C[C@H](C(=O)N3C[C@H](O)C[C@H]3C(=O)N[C@@H](C)c3ccc(-c4scnc4C)cc3)C(C)(C)C)CC2)CCN(c2nccc(Nc3cc4c(cn3)nc(C)n4C(C)C)n2)CC1. The first-order valence-electron chi connectivity index (χ1n) is 28.1. The number of carbonyl (C=O) groups excluding carboxylic acids is 3. The predicted octanol–water partition coefficient (Wildman–Crippen LogP) is 7.55. The number of hydrogen-bond acceptors (Lipinski definition) is 17. The molecular weight excluding hydrogens is 1010 g/mol. The van der Waals surface area contributed by atoms with Gasteiger partial charge in [-0.3, -0.25) is 14.4 Å². The summed E-state index contributed by atoms with van der Waals surface area (Å²) in [5, 5.41) is 17.1. The molecule has 7 heterocycles. The zero-order valence-electron chi connectivity index (χ0n) is 47.5. The number of carbonyl (C=O) groups is 3. The Hall–Kier alpha value is -5.48. The van der Waals surface area contributed by atoms with Crippen LogP contribution in [0.4, 0.5) is 17.6 Å². The van der Waals surface area contributed by atoms with E-state index in [0.717, 1.165) is 122 Å². The number of rotatable bonds is 25. The summed E-state index contributed by atoms with van der Waals surface area (Å²) in [5.41, 5.74) is 5.98. The smallest absolute Gasteiger partial charge is 0.243 e. The minimum absolute atomic E-state index is 0.0147. The number of fused-ring (bicyclic) bond motifs is 1. The van der Waals surface area contributed by atoms with E-state index < -0.39 is 23.5 Å². The molecule has 4 atom stereocenters. The molecule has 8 rings (SSSR count). The largest absolute Gasteiger partial charge is 0.391 e. The van der Waals surface area contributed by atoms with Crippen molar-refractivity contribution in [2.45, 2.75) is 130 Å². The summed E-state index contributed by atoms with van der Waals surface area (Å²) in [6.07, 6.45) is 7.32. The average molecular weight is 1090 g/mol. The van der Waals surface area contributed by atoms with E-state index in [2.05, 4.69) is 63.7 Å². The van der Waals surface area contributed by atoms with Crippen molar-refractivity contribution >= 4 is 57.6 Å². The maximum Gasteiger partial charge on any atom is 0.243 e. The summed E-state index contributed by atoms with van der Waals surface area (Å²) in [6, 6.07) is 11.1. The number of amides is 2. The van der Waals surface area contributed by atoms with E-state index in [0.29, 0.717) is 38.0 Å². The molecule has 0 aliphatic carbocycles. The fraction of sp³-hybridized carbons (Fsp3) is 0.621. The number of benzene rings is 1. The van der Waals surface area contributed by atoms with Crippen molar-refractivity contribution in [1.29, 1.82) is 0 Å². The molecule has 3 fully saturated rings. The molecule has 424 valence electrons. The molecule has 0 unspecified atom stereocenters. The maximum atomic E-state index is 14.2. The minimum Gasteiger partial charge on any atom is -0.391 e. The maximum absolute atomic E-state index is 14.2. The fourth-order valence-corrected chi connectivity index (χ4v) is 12.0. The number of pyridine rings is 1. The quantitative estimate of drug-likeness (QED) is 0.0483. The van der Waals surface area contributed by atoms with Crippen LogP contribution in [0.5, 0.6) is 0 Å². The van der Waals surface area contributed by atoms with Crippen LogP contribution in [-0.4, -0.2) is 177 Å². The third-order valence-corrected chi connectivity index (χ3v) is 16.9. The molecule has 0 saturated carbocycles. The molecule has 3 aliphatic rings. The van der Waals surface area contributed by atoms with Crippen LogP contribution in [0.15, 0.2) is 54.3 Å². The summed E-state index contributed by atoms with van der Waals surface area (Å²) in [4.78, 5) is 74.2. The zero-order valence-corrected chi connectivity index (χ0v) is 48.3. The van der Waals surface area contributed by atoms with Crippen LogP contribution in [0.1, 0.15) is 116 Å². The lowest BCUT2D eigenvalue weighted by Crippen LogP contribution is -2.50. The Balaban J connectivity index is 0.675. The summed E-state index contributed by atoms with van der Waals surface area (Å²) in [5.74, 6) is 1.61. The van der Waals surface area contributed by atoms with Gasteiger partial charge in [-0.25, -0.2) is 19.9 Å². The highest BCUT2D eigenvalue weighted by molar-refractivity contribution is 7.13. The van der Waals surface area contributed by atoms with Gasteiger partial charge in [0.15, 0.2) is 5.78 Å². The Bertz CT molecular complexity index is 2760. The molecule has 3 N–H and O–H groups in total. The first-order valence-corrected chi connectivity index (χ1v) is 28.9. The number of nitrogens with zero attached hydrogens (tertiary/aromatic N) is 10. The van der Waals surface area contributed by atoms with Crippen molar-refractivity contribution in [2.24, 2.45) is 11.3 Å². The van der Waals surface area contributed by atoms with Crippen molar-refractivity contribution in [3.05, 3.63) is 71.4 Å². The van der Waals surface area contributed by atoms with Gasteiger partial charge in [0.1, 0.15) is 35.6 Å². The lowest BCUT2D eigenvalue weighted by molar-refractivity contribution is -0.147. The Morgan fingerprint density at radius 1 is 0.872 bits per heavy atom. The topological polar surface area (TPSA) is 206 Å². The van der Waals surface area contributed by atoms with Crippen LogP contribution in [0.2, 0.25) is 0 Å². The predicted molar refractivity (Wildman–Crippen MR) is 305 cm³/mol. The van der Waals surface area contributed by atoms with E-state index in [4.69, 9.17) is 19.2 Å². The van der Waals surface area contributed by atoms with E-state index >= 15 is 0 Å². The van der Waals surface area contributed by atoms with E-state index in [9.17, 15) is 19.5 Å². The fourth-order valence-electron chi connectivity index (χ4n) is 11.2. The van der Waals surface area contributed by atoms with E-state index in [1.807, 2.05) is 96.8 Å². The molecule has 2 amide bonds. The molecular formula is C58H84N12O7S. The second kappa shape index (κ2) is 26.7. The molecule has 78 heavy (non-hydrogen) atoms. The molecule has 1 aromatic carbocycles. The van der Waals surface area contributed by atoms with Crippen LogP contribution in [0.25, 0.3) is 21.5 Å². The summed E-state index contributed by atoms with van der Waals surface area (Å²) in [6.45, 7) is 25.3. The number of anilines is 3. The van der Waals surface area contributed by atoms with Gasteiger partial charge in [-0.2, -0.15) is 4.98 Å². The van der Waals surface area contributed by atoms with Gasteiger partial charge in [-0.1, -0.05) is 45.0 Å². The van der Waals surface area contributed by atoms with E-state index in [1.54, 1.807) is 17.5 Å². The molecule has 4 aromatic heterocycles. The third-order valence-electron chi connectivity index (χ3n) is 15.9. The van der Waals surface area contributed by atoms with Gasteiger partial charge >= 0.3 is 0 Å². The zero-order chi connectivity index (χ0) is 55.6. The van der Waals surface area contributed by atoms with Gasteiger partial charge < -0.3 is 54.1 Å². The standard InChI is InChI=1S/C58H84N12O7S/c1-39(2)70-42(5)63-48-35-60-52(34-49(48)70)64-51-16-20-59-56(65-51)68-23-18-58(75-9,19-24-68)17-22-67-27-25-66(26-28-67)21-10-29-76-30-11-31-77-37-46(72)32-47(57(6,7)8)55(74)69-36-45(71)33-50(69)54(73)62-40(3)43-12-14-44(15-13-43)53-41(4)61-38-78-53/h12-16,20,34-35,38-40,45,47,50,71H,10-11,17-19,21-33,36-37H2,1-9H3,(H,62,73)(H,59,60,64,65)/t40-,45+,47+,50-/m0/s1. The number of aliphatic hydroxyl groups excluding tert-OH is 1. The van der Waals surface area contributed by atoms with Gasteiger partial charge in [-0.15, -0.1) is 11.3 Å². The number of ether oxygens (including phenoxy) is 3. The number of β-amino-alcohol motifs (C(OH)–C–C–N with tert-alkyl or cyclic N) is 1. The molecule has 0 radical (unpaired) electrons. The number of likely N-dealkylation sites (tertiary alicyclic amines) is 1. The highest BCUT2D eigenvalue weighted by atomic mass is 32.1. The van der Waals surface area contributed by atoms with Crippen molar-refractivity contribution in [1.82, 2.24) is 49.5 Å². The Morgan fingerprint density at radius 3 is 2.26 bits per heavy atom. The molecule has 0 bridgehead atoms. The number of thiazole rings is 1. The molecule has 3 saturated heterocycles. The first kappa shape index (κ1) is 58.7. The molecule has 3 aliphatic heterocycles. The molecule has 19 nitrogen and oxygen atoms in total. The number of aliphatic hydroxyl groups is 1. The number of Topliss-reactive ketones (excluding diaryl/α,β-unsaturated/α-hetero) is 1. The average Bonchev–Trinajstić information content (AvgIpc) is 4.16. The first-order chi connectivity index (χ1) is 37.4. The number of aromatic nitrogens is 6. The van der Waals surface area contributed by atoms with E-state index in [-0.39, 0.29) is 61.3 Å². The monoisotopic (exact) mass is 1090 g/mol. The lowest BCUT2D eigenvalue weighted by Gasteiger charge is -2.42. The summed E-state index contributed by atoms with van der Waals surface area (Å²) in [7, 11) is 1.86. The number of piperazine rings is 1. The van der Waals surface area contributed by atoms with Gasteiger partial charge in [0.25, 0.3) is 0 Å². The molecule has 20 heteroatoms. The Morgan fingerprint density at radius 2 is 1.58 bits per heavy atom. The van der Waals surface area contributed by atoms with Crippen LogP contribution in [-0.2, 0) is 28.6 Å². The van der Waals surface area contributed by atoms with Gasteiger partial charge in [0.05, 0.1) is 45.5 Å². The second-order valence-electron chi connectivity index (χ2n) is 22.9. The number of methoxy groups -OCH3 is 1. The molecule has 0 spiro atoms. The number of ketones is 1. The number of piperidine rings is 1. The normalized spacial score (nSPS) is 19.2. The van der Waals surface area contributed by atoms with Gasteiger partial charge in [0.2, 0.25) is 17.8 Å². The van der Waals surface area contributed by atoms with Crippen LogP contribution >= 0.6 is 11.3 Å². The second-order valence-corrected chi connectivity index (χ2v) is 23.8. The highest BCUT2D eigenvalue weighted by Crippen LogP contribution is 2.35. The highest BCUT2D eigenvalue weighted by Gasteiger charge is 2.45. The van der Waals surface area contributed by atoms with E-state index in [1.165, 1.54) is 4.90 Å². The Labute approximate surface area is 464 Å². The number of nitrogens with one attached hydrogen (secondary N) is 2. The number of imidazole rings is 1. The lowest BCUT2D eigenvalue weighted by atomic mass is 9.77. The minimum atomic E-state index is -0.841. The van der Waals surface area contributed by atoms with Crippen LogP contribution in [0.3, 0.4) is 0 Å².